The maximum absolute atomic E-state index is 5.63. The van der Waals surface area contributed by atoms with Crippen molar-refractivity contribution in [1.29, 1.82) is 0 Å². The molecular formula is C15H29N5O. The average molecular weight is 295 g/mol. The van der Waals surface area contributed by atoms with E-state index in [1.807, 2.05) is 13.8 Å². The first kappa shape index (κ1) is 17.5. The molecule has 0 saturated heterocycles. The van der Waals surface area contributed by atoms with Crippen LogP contribution < -0.4 is 15.0 Å². The Morgan fingerprint density at radius 2 is 1.52 bits per heavy atom. The minimum absolute atomic E-state index is 0.0357. The summed E-state index contributed by atoms with van der Waals surface area (Å²) in [5.74, 6) is 2.28. The van der Waals surface area contributed by atoms with E-state index >= 15 is 0 Å². The van der Waals surface area contributed by atoms with E-state index < -0.39 is 0 Å². The van der Waals surface area contributed by atoms with Crippen LogP contribution in [0.4, 0.5) is 11.9 Å². The molecule has 0 bridgehead atoms. The third kappa shape index (κ3) is 6.14. The fraction of sp³-hybridized carbons (Fsp3) is 0.800. The molecule has 0 saturated carbocycles. The van der Waals surface area contributed by atoms with Gasteiger partial charge in [-0.1, -0.05) is 27.7 Å². The first-order valence-electron chi connectivity index (χ1n) is 7.67. The zero-order chi connectivity index (χ0) is 16.0. The van der Waals surface area contributed by atoms with Gasteiger partial charge in [0, 0.05) is 20.1 Å². The van der Waals surface area contributed by atoms with Gasteiger partial charge in [0.05, 0.1) is 6.10 Å². The summed E-state index contributed by atoms with van der Waals surface area (Å²) < 4.78 is 5.63. The van der Waals surface area contributed by atoms with Crippen LogP contribution in [0, 0.1) is 11.8 Å². The van der Waals surface area contributed by atoms with E-state index in [4.69, 9.17) is 4.74 Å². The van der Waals surface area contributed by atoms with Gasteiger partial charge in [0.15, 0.2) is 0 Å². The van der Waals surface area contributed by atoms with E-state index in [2.05, 4.69) is 52.9 Å². The van der Waals surface area contributed by atoms with Crippen LogP contribution in [0.2, 0.25) is 0 Å². The summed E-state index contributed by atoms with van der Waals surface area (Å²) in [5.41, 5.74) is 0. The normalized spacial score (nSPS) is 11.3. The fourth-order valence-electron chi connectivity index (χ4n) is 1.98. The molecule has 0 aliphatic carbocycles. The Kier molecular flexibility index (Phi) is 6.65. The van der Waals surface area contributed by atoms with Crippen molar-refractivity contribution in [1.82, 2.24) is 15.0 Å². The summed E-state index contributed by atoms with van der Waals surface area (Å²) >= 11 is 0. The lowest BCUT2D eigenvalue weighted by Crippen LogP contribution is -2.33. The topological polar surface area (TPSA) is 63.2 Å². The van der Waals surface area contributed by atoms with Gasteiger partial charge in [0.1, 0.15) is 0 Å². The summed E-state index contributed by atoms with van der Waals surface area (Å²) in [6, 6.07) is 0.372. The number of rotatable bonds is 8. The van der Waals surface area contributed by atoms with Gasteiger partial charge in [-0.15, -0.1) is 0 Å². The summed E-state index contributed by atoms with van der Waals surface area (Å²) in [5, 5.41) is 2.97. The molecule has 0 fully saturated rings. The Labute approximate surface area is 128 Å². The highest BCUT2D eigenvalue weighted by Crippen LogP contribution is 2.18. The fourth-order valence-corrected chi connectivity index (χ4v) is 1.98. The van der Waals surface area contributed by atoms with Gasteiger partial charge in [-0.05, 0) is 25.7 Å². The van der Waals surface area contributed by atoms with Crippen LogP contribution in [0.1, 0.15) is 41.5 Å². The molecule has 0 unspecified atom stereocenters. The van der Waals surface area contributed by atoms with E-state index in [0.717, 1.165) is 13.1 Å². The molecule has 0 aromatic carbocycles. The average Bonchev–Trinajstić information content (AvgIpc) is 2.35. The van der Waals surface area contributed by atoms with Crippen LogP contribution >= 0.6 is 0 Å². The van der Waals surface area contributed by atoms with Gasteiger partial charge < -0.3 is 15.0 Å². The van der Waals surface area contributed by atoms with Crippen LogP contribution in [0.5, 0.6) is 6.01 Å². The molecule has 1 aromatic rings. The number of aromatic nitrogens is 3. The molecule has 1 heterocycles. The lowest BCUT2D eigenvalue weighted by Gasteiger charge is -2.26. The minimum atomic E-state index is 0.0357. The number of nitrogens with zero attached hydrogens (tertiary/aromatic N) is 4. The van der Waals surface area contributed by atoms with Crippen molar-refractivity contribution in [3.63, 3.8) is 0 Å². The standard InChI is InChI=1S/C15H29N5O/c1-10(2)8-20(9-11(3)4)14-17-13(16-7)18-15(19-14)21-12(5)6/h10-12H,8-9H2,1-7H3,(H,16,17,18,19). The number of nitrogens with one attached hydrogen (secondary N) is 1. The largest absolute Gasteiger partial charge is 0.461 e. The Morgan fingerprint density at radius 1 is 0.952 bits per heavy atom. The Hall–Kier alpha value is -1.59. The Balaban J connectivity index is 3.09. The molecule has 6 nitrogen and oxygen atoms in total. The second-order valence-electron chi connectivity index (χ2n) is 6.35. The molecule has 1 rings (SSSR count). The van der Waals surface area contributed by atoms with Gasteiger partial charge >= 0.3 is 6.01 Å². The molecule has 6 heteroatoms. The van der Waals surface area contributed by atoms with Crippen LogP contribution in [-0.4, -0.2) is 41.2 Å². The number of hydrogen-bond donors (Lipinski definition) is 1. The highest BCUT2D eigenvalue weighted by molar-refractivity contribution is 5.38. The number of ether oxygens (including phenoxy) is 1. The molecule has 0 atom stereocenters. The van der Waals surface area contributed by atoms with Crippen molar-refractivity contribution in [2.45, 2.75) is 47.6 Å². The van der Waals surface area contributed by atoms with E-state index in [9.17, 15) is 0 Å². The predicted octanol–water partition coefficient (Wildman–Crippen LogP) is 2.82. The summed E-state index contributed by atoms with van der Waals surface area (Å²) in [4.78, 5) is 15.4. The van der Waals surface area contributed by atoms with Gasteiger partial charge in [0.2, 0.25) is 11.9 Å². The van der Waals surface area contributed by atoms with Crippen molar-refractivity contribution < 1.29 is 4.74 Å². The third-order valence-electron chi connectivity index (χ3n) is 2.62. The Morgan fingerprint density at radius 3 is 1.95 bits per heavy atom. The van der Waals surface area contributed by atoms with E-state index in [1.165, 1.54) is 0 Å². The van der Waals surface area contributed by atoms with Gasteiger partial charge in [-0.2, -0.15) is 15.0 Å². The molecule has 21 heavy (non-hydrogen) atoms. The van der Waals surface area contributed by atoms with E-state index in [1.54, 1.807) is 7.05 Å². The zero-order valence-electron chi connectivity index (χ0n) is 14.3. The molecule has 0 radical (unpaired) electrons. The van der Waals surface area contributed by atoms with Crippen LogP contribution in [0.3, 0.4) is 0 Å². The molecular weight excluding hydrogens is 266 g/mol. The van der Waals surface area contributed by atoms with Crippen LogP contribution in [-0.2, 0) is 0 Å². The van der Waals surface area contributed by atoms with Crippen molar-refractivity contribution in [2.75, 3.05) is 30.4 Å². The highest BCUT2D eigenvalue weighted by atomic mass is 16.5. The van der Waals surface area contributed by atoms with Crippen molar-refractivity contribution in [3.05, 3.63) is 0 Å². The molecule has 0 amide bonds. The molecule has 1 aromatic heterocycles. The van der Waals surface area contributed by atoms with Crippen molar-refractivity contribution in [3.8, 4) is 6.01 Å². The minimum Gasteiger partial charge on any atom is -0.461 e. The molecule has 0 spiro atoms. The van der Waals surface area contributed by atoms with Crippen molar-refractivity contribution >= 4 is 11.9 Å². The second kappa shape index (κ2) is 8.00. The molecule has 1 N–H and O–H groups in total. The van der Waals surface area contributed by atoms with Crippen molar-refractivity contribution in [2.24, 2.45) is 11.8 Å². The number of anilines is 2. The number of hydrogen-bond acceptors (Lipinski definition) is 6. The Bertz CT molecular complexity index is 424. The second-order valence-corrected chi connectivity index (χ2v) is 6.35. The van der Waals surface area contributed by atoms with E-state index in [0.29, 0.717) is 29.7 Å². The monoisotopic (exact) mass is 295 g/mol. The predicted molar refractivity (Wildman–Crippen MR) is 87.0 cm³/mol. The van der Waals surface area contributed by atoms with Crippen LogP contribution in [0.15, 0.2) is 0 Å². The maximum Gasteiger partial charge on any atom is 0.323 e. The quantitative estimate of drug-likeness (QED) is 0.795. The summed E-state index contributed by atoms with van der Waals surface area (Å²) in [6.07, 6.45) is 0.0357. The lowest BCUT2D eigenvalue weighted by atomic mass is 10.1. The maximum atomic E-state index is 5.63. The molecule has 120 valence electrons. The zero-order valence-corrected chi connectivity index (χ0v) is 14.3. The van der Waals surface area contributed by atoms with Crippen LogP contribution in [0.25, 0.3) is 0 Å². The van der Waals surface area contributed by atoms with E-state index in [-0.39, 0.29) is 6.10 Å². The first-order valence-corrected chi connectivity index (χ1v) is 7.67. The molecule has 0 aliphatic heterocycles. The third-order valence-corrected chi connectivity index (χ3v) is 2.62. The van der Waals surface area contributed by atoms with Gasteiger partial charge in [-0.25, -0.2) is 0 Å². The smallest absolute Gasteiger partial charge is 0.323 e. The SMILES string of the molecule is CNc1nc(OC(C)C)nc(N(CC(C)C)CC(C)C)n1. The lowest BCUT2D eigenvalue weighted by molar-refractivity contribution is 0.222. The summed E-state index contributed by atoms with van der Waals surface area (Å²) in [6.45, 7) is 14.5. The van der Waals surface area contributed by atoms with Gasteiger partial charge in [-0.3, -0.25) is 0 Å². The first-order chi connectivity index (χ1) is 9.81. The highest BCUT2D eigenvalue weighted by Gasteiger charge is 2.17. The summed E-state index contributed by atoms with van der Waals surface area (Å²) in [7, 11) is 1.80. The van der Waals surface area contributed by atoms with Gasteiger partial charge in [0.25, 0.3) is 0 Å². The molecule has 0 aliphatic rings.